The summed E-state index contributed by atoms with van der Waals surface area (Å²) in [6.07, 6.45) is 1.27. The van der Waals surface area contributed by atoms with E-state index in [9.17, 15) is 28.7 Å². The van der Waals surface area contributed by atoms with Gasteiger partial charge in [0, 0.05) is 22.3 Å². The third-order valence-electron chi connectivity index (χ3n) is 4.14. The second-order valence-corrected chi connectivity index (χ2v) is 7.21. The van der Waals surface area contributed by atoms with Crippen molar-refractivity contribution in [1.29, 1.82) is 5.26 Å². The van der Waals surface area contributed by atoms with Gasteiger partial charge < -0.3 is 5.11 Å². The average Bonchev–Trinajstić information content (AvgIpc) is 2.70. The van der Waals surface area contributed by atoms with Crippen LogP contribution in [0.15, 0.2) is 64.4 Å². The predicted molar refractivity (Wildman–Crippen MR) is 105 cm³/mol. The van der Waals surface area contributed by atoms with Gasteiger partial charge >= 0.3 is 0 Å². The lowest BCUT2D eigenvalue weighted by Gasteiger charge is -2.11. The summed E-state index contributed by atoms with van der Waals surface area (Å²) < 4.78 is 26.1. The lowest BCUT2D eigenvalue weighted by Crippen LogP contribution is -2.22. The maximum atomic E-state index is 12.9. The number of carbonyl (C=O) groups is 1. The van der Waals surface area contributed by atoms with Gasteiger partial charge in [0.05, 0.1) is 5.56 Å². The number of hydrogen-bond donors (Lipinski definition) is 1. The minimum atomic E-state index is -2.57. The molecular weight excluding hydrogens is 398 g/mol. The molecule has 0 aliphatic heterocycles. The van der Waals surface area contributed by atoms with Crippen LogP contribution in [0.2, 0.25) is 0 Å². The van der Waals surface area contributed by atoms with Crippen molar-refractivity contribution in [2.24, 2.45) is 0 Å². The molecule has 0 bridgehead atoms. The maximum Gasteiger partial charge on any atom is 0.288 e. The normalized spacial score (nSPS) is 10.7. The first-order valence-corrected chi connectivity index (χ1v) is 9.24. The zero-order valence-corrected chi connectivity index (χ0v) is 15.9. The molecule has 0 atom stereocenters. The number of phenolic OH excluding ortho intramolecular Hbond substituents is 1. The third-order valence-corrected chi connectivity index (χ3v) is 4.86. The molecule has 0 radical (unpaired) electrons. The van der Waals surface area contributed by atoms with Crippen molar-refractivity contribution in [2.45, 2.75) is 17.6 Å². The second kappa shape index (κ2) is 8.29. The van der Waals surface area contributed by atoms with Gasteiger partial charge in [0.2, 0.25) is 0 Å². The number of aromatic nitrogens is 1. The van der Waals surface area contributed by atoms with E-state index in [1.54, 1.807) is 19.1 Å². The molecule has 0 aliphatic rings. The predicted octanol–water partition coefficient (Wildman–Crippen LogP) is 4.27. The van der Waals surface area contributed by atoms with Gasteiger partial charge in [0.25, 0.3) is 11.3 Å². The first-order valence-electron chi connectivity index (χ1n) is 8.36. The molecule has 0 saturated heterocycles. The highest BCUT2D eigenvalue weighted by atomic mass is 32.2. The minimum Gasteiger partial charge on any atom is -0.507 e. The van der Waals surface area contributed by atoms with Crippen LogP contribution in [-0.4, -0.2) is 21.2 Å². The summed E-state index contributed by atoms with van der Waals surface area (Å²) in [5.41, 5.74) is 0.247. The summed E-state index contributed by atoms with van der Waals surface area (Å²) in [5, 5.41) is 19.3. The number of nitriles is 1. The van der Waals surface area contributed by atoms with Gasteiger partial charge in [0.1, 0.15) is 17.4 Å². The third kappa shape index (κ3) is 4.36. The smallest absolute Gasteiger partial charge is 0.288 e. The molecule has 0 amide bonds. The van der Waals surface area contributed by atoms with Crippen LogP contribution >= 0.6 is 11.8 Å². The summed E-state index contributed by atoms with van der Waals surface area (Å²) in [6.45, 7) is 1.76. The number of alkyl halides is 2. The van der Waals surface area contributed by atoms with Gasteiger partial charge in [-0.2, -0.15) is 14.0 Å². The van der Waals surface area contributed by atoms with E-state index in [0.717, 1.165) is 10.1 Å². The van der Waals surface area contributed by atoms with Crippen molar-refractivity contribution >= 4 is 17.5 Å². The van der Waals surface area contributed by atoms with E-state index in [-0.39, 0.29) is 22.4 Å². The summed E-state index contributed by atoms with van der Waals surface area (Å²) in [4.78, 5) is 25.8. The van der Waals surface area contributed by atoms with Crippen LogP contribution in [0.5, 0.6) is 5.75 Å². The average molecular weight is 412 g/mol. The largest absolute Gasteiger partial charge is 0.507 e. The molecule has 3 aromatic rings. The molecule has 3 rings (SSSR count). The number of rotatable bonds is 5. The molecule has 0 spiro atoms. The van der Waals surface area contributed by atoms with E-state index in [2.05, 4.69) is 0 Å². The molecule has 1 N–H and O–H groups in total. The van der Waals surface area contributed by atoms with Crippen molar-refractivity contribution in [3.63, 3.8) is 0 Å². The lowest BCUT2D eigenvalue weighted by molar-refractivity contribution is 0.103. The molecule has 0 fully saturated rings. The fraction of sp³-hybridized carbons (Fsp3) is 0.0952. The zero-order valence-electron chi connectivity index (χ0n) is 15.1. The number of aromatic hydroxyl groups is 1. The number of halogens is 2. The van der Waals surface area contributed by atoms with E-state index < -0.39 is 17.1 Å². The number of nitrogens with zero attached hydrogens (tertiary/aromatic N) is 2. The summed E-state index contributed by atoms with van der Waals surface area (Å²) >= 11 is 0.367. The molecule has 146 valence electrons. The quantitative estimate of drug-likeness (QED) is 0.500. The molecule has 8 heteroatoms. The molecule has 2 aromatic carbocycles. The van der Waals surface area contributed by atoms with E-state index >= 15 is 0 Å². The fourth-order valence-electron chi connectivity index (χ4n) is 2.75. The van der Waals surface area contributed by atoms with Gasteiger partial charge in [-0.25, -0.2) is 0 Å². The van der Waals surface area contributed by atoms with Crippen molar-refractivity contribution in [1.82, 2.24) is 4.57 Å². The summed E-state index contributed by atoms with van der Waals surface area (Å²) in [6, 6.07) is 13.2. The Hall–Kier alpha value is -3.44. The number of carbonyl (C=O) groups excluding carboxylic acids is 1. The van der Waals surface area contributed by atoms with Gasteiger partial charge in [-0.05, 0) is 49.4 Å². The van der Waals surface area contributed by atoms with Gasteiger partial charge in [-0.15, -0.1) is 0 Å². The SMILES string of the molecule is Cc1ccc(O)c(C(=O)c2cc(C#N)c(=O)n(-c3ccc(SC(F)F)cc3)c2)c1. The molecule has 29 heavy (non-hydrogen) atoms. The van der Waals surface area contributed by atoms with E-state index in [1.165, 1.54) is 48.7 Å². The highest BCUT2D eigenvalue weighted by molar-refractivity contribution is 7.99. The topological polar surface area (TPSA) is 83.1 Å². The molecule has 0 unspecified atom stereocenters. The summed E-state index contributed by atoms with van der Waals surface area (Å²) in [7, 11) is 0. The van der Waals surface area contributed by atoms with Gasteiger partial charge in [-0.1, -0.05) is 23.4 Å². The molecule has 1 aromatic heterocycles. The fourth-order valence-corrected chi connectivity index (χ4v) is 3.25. The maximum absolute atomic E-state index is 12.9. The number of ketones is 1. The molecule has 1 heterocycles. The number of benzene rings is 2. The van der Waals surface area contributed by atoms with Crippen molar-refractivity contribution in [3.8, 4) is 17.5 Å². The standard InChI is InChI=1S/C21H14F2N2O3S/c1-12-2-7-18(26)17(8-12)19(27)14-9-13(10-24)20(28)25(11-14)15-3-5-16(6-4-15)29-21(22)23/h2-9,11,21,26H,1H3. The number of pyridine rings is 1. The van der Waals surface area contributed by atoms with E-state index in [0.29, 0.717) is 22.3 Å². The van der Waals surface area contributed by atoms with Crippen LogP contribution < -0.4 is 5.56 Å². The Morgan fingerprint density at radius 1 is 1.17 bits per heavy atom. The Kier molecular flexibility index (Phi) is 5.80. The van der Waals surface area contributed by atoms with Crippen LogP contribution in [0.25, 0.3) is 5.69 Å². The van der Waals surface area contributed by atoms with Crippen LogP contribution in [0, 0.1) is 18.3 Å². The monoisotopic (exact) mass is 412 g/mol. The minimum absolute atomic E-state index is 0.0353. The zero-order chi connectivity index (χ0) is 21.1. The highest BCUT2D eigenvalue weighted by Gasteiger charge is 2.18. The number of phenols is 1. The molecule has 5 nitrogen and oxygen atoms in total. The first-order chi connectivity index (χ1) is 13.8. The number of hydrogen-bond acceptors (Lipinski definition) is 5. The molecule has 0 saturated carbocycles. The Labute approximate surface area is 168 Å². The van der Waals surface area contributed by atoms with Gasteiger partial charge in [-0.3, -0.25) is 14.2 Å². The van der Waals surface area contributed by atoms with E-state index in [4.69, 9.17) is 0 Å². The Bertz CT molecular complexity index is 1180. The highest BCUT2D eigenvalue weighted by Crippen LogP contribution is 2.26. The van der Waals surface area contributed by atoms with Crippen LogP contribution in [0.4, 0.5) is 8.78 Å². The first kappa shape index (κ1) is 20.3. The number of thioether (sulfide) groups is 1. The molecule has 0 aliphatic carbocycles. The number of aryl methyl sites for hydroxylation is 1. The Morgan fingerprint density at radius 2 is 1.86 bits per heavy atom. The van der Waals surface area contributed by atoms with Crippen molar-refractivity contribution in [2.75, 3.05) is 0 Å². The van der Waals surface area contributed by atoms with Gasteiger partial charge in [0.15, 0.2) is 5.78 Å². The van der Waals surface area contributed by atoms with Crippen LogP contribution in [-0.2, 0) is 0 Å². The van der Waals surface area contributed by atoms with Crippen molar-refractivity contribution in [3.05, 3.63) is 87.3 Å². The Morgan fingerprint density at radius 3 is 2.48 bits per heavy atom. The molecular formula is C21H14F2N2O3S. The van der Waals surface area contributed by atoms with Crippen molar-refractivity contribution < 1.29 is 18.7 Å². The van der Waals surface area contributed by atoms with Crippen LogP contribution in [0.3, 0.4) is 0 Å². The van der Waals surface area contributed by atoms with Crippen LogP contribution in [0.1, 0.15) is 27.0 Å². The second-order valence-electron chi connectivity index (χ2n) is 6.15. The lowest BCUT2D eigenvalue weighted by atomic mass is 10.0. The Balaban J connectivity index is 2.10. The van der Waals surface area contributed by atoms with E-state index in [1.807, 2.05) is 0 Å². The summed E-state index contributed by atoms with van der Waals surface area (Å²) in [5.74, 6) is -3.34.